The molecule has 3 aromatic carbocycles. The van der Waals surface area contributed by atoms with E-state index in [1.807, 2.05) is 41.1 Å². The summed E-state index contributed by atoms with van der Waals surface area (Å²) in [6.45, 7) is 8.77. The Morgan fingerprint density at radius 1 is 0.978 bits per heavy atom. The van der Waals surface area contributed by atoms with Gasteiger partial charge in [-0.1, -0.05) is 42.0 Å². The standard InChI is InChI=1S/C33H33F3N6O2S/c1-21-17-22(2)29(23(3)18-21)42-24(4)19-45-32(42)39-31(43)37-16-6-5-7-25-8-10-26(11-9-25)30-38-20-41(40-30)27-12-14-28(15-13-27)44-33(34,35)36/h8-15,17-20H,5-7,16H2,1-4H3,(H,37,43). The molecule has 5 rings (SSSR count). The maximum atomic E-state index is 12.6. The van der Waals surface area contributed by atoms with E-state index in [1.54, 1.807) is 0 Å². The van der Waals surface area contributed by atoms with E-state index in [0.717, 1.165) is 52.9 Å². The van der Waals surface area contributed by atoms with E-state index in [0.29, 0.717) is 22.9 Å². The van der Waals surface area contributed by atoms with Gasteiger partial charge < -0.3 is 10.1 Å². The van der Waals surface area contributed by atoms with E-state index >= 15 is 0 Å². The van der Waals surface area contributed by atoms with E-state index in [9.17, 15) is 18.0 Å². The first-order valence-corrected chi connectivity index (χ1v) is 15.3. The van der Waals surface area contributed by atoms with Gasteiger partial charge in [-0.3, -0.25) is 4.57 Å². The van der Waals surface area contributed by atoms with Crippen LogP contribution >= 0.6 is 11.3 Å². The first-order valence-electron chi connectivity index (χ1n) is 14.4. The number of nitrogens with one attached hydrogen (secondary N) is 1. The predicted octanol–water partition coefficient (Wildman–Crippen LogP) is 7.55. The van der Waals surface area contributed by atoms with Gasteiger partial charge in [0, 0.05) is 23.2 Å². The van der Waals surface area contributed by atoms with Crippen molar-refractivity contribution in [3.8, 4) is 28.5 Å². The Morgan fingerprint density at radius 3 is 2.33 bits per heavy atom. The summed E-state index contributed by atoms with van der Waals surface area (Å²) in [4.78, 5) is 22.0. The number of hydrogen-bond donors (Lipinski definition) is 1. The molecule has 0 saturated heterocycles. The van der Waals surface area contributed by atoms with Gasteiger partial charge in [0.05, 0.1) is 11.4 Å². The van der Waals surface area contributed by atoms with Crippen LogP contribution in [-0.4, -0.2) is 38.3 Å². The summed E-state index contributed by atoms with van der Waals surface area (Å²) in [6, 6.07) is 17.2. The molecule has 1 N–H and O–H groups in total. The number of urea groups is 1. The molecule has 0 aliphatic carbocycles. The van der Waals surface area contributed by atoms with E-state index in [2.05, 4.69) is 58.0 Å². The Balaban J connectivity index is 1.11. The Bertz CT molecular complexity index is 1830. The summed E-state index contributed by atoms with van der Waals surface area (Å²) in [5.41, 5.74) is 8.10. The van der Waals surface area contributed by atoms with Crippen LogP contribution in [-0.2, 0) is 6.42 Å². The van der Waals surface area contributed by atoms with Crippen LogP contribution in [0.2, 0.25) is 0 Å². The van der Waals surface area contributed by atoms with Gasteiger partial charge in [-0.25, -0.2) is 14.5 Å². The van der Waals surface area contributed by atoms with Crippen molar-refractivity contribution in [1.29, 1.82) is 0 Å². The van der Waals surface area contributed by atoms with Gasteiger partial charge in [-0.2, -0.15) is 4.99 Å². The number of carbonyl (C=O) groups excluding carboxylic acids is 1. The molecule has 0 spiro atoms. The minimum atomic E-state index is -4.74. The fourth-order valence-electron chi connectivity index (χ4n) is 5.18. The van der Waals surface area contributed by atoms with Gasteiger partial charge in [0.2, 0.25) is 0 Å². The van der Waals surface area contributed by atoms with Crippen molar-refractivity contribution in [2.24, 2.45) is 4.99 Å². The van der Waals surface area contributed by atoms with Gasteiger partial charge >= 0.3 is 12.4 Å². The summed E-state index contributed by atoms with van der Waals surface area (Å²) in [5.74, 6) is 0.197. The maximum Gasteiger partial charge on any atom is 0.573 e. The molecule has 0 aliphatic heterocycles. The highest BCUT2D eigenvalue weighted by Crippen LogP contribution is 2.25. The van der Waals surface area contributed by atoms with E-state index in [-0.39, 0.29) is 11.8 Å². The zero-order valence-electron chi connectivity index (χ0n) is 25.4. The van der Waals surface area contributed by atoms with Crippen molar-refractivity contribution >= 4 is 17.4 Å². The second kappa shape index (κ2) is 13.5. The monoisotopic (exact) mass is 634 g/mol. The molecule has 2 heterocycles. The molecule has 0 bridgehead atoms. The lowest BCUT2D eigenvalue weighted by atomic mass is 10.0. The molecule has 2 aromatic heterocycles. The average Bonchev–Trinajstić information content (AvgIpc) is 3.60. The lowest BCUT2D eigenvalue weighted by molar-refractivity contribution is -0.274. The third-order valence-electron chi connectivity index (χ3n) is 7.14. The second-order valence-corrected chi connectivity index (χ2v) is 11.6. The third-order valence-corrected chi connectivity index (χ3v) is 8.09. The molecule has 234 valence electrons. The number of ether oxygens (including phenoxy) is 1. The van der Waals surface area contributed by atoms with E-state index in [1.165, 1.54) is 52.2 Å². The number of aromatic nitrogens is 4. The van der Waals surface area contributed by atoms with Gasteiger partial charge in [0.25, 0.3) is 0 Å². The zero-order chi connectivity index (χ0) is 32.1. The smallest absolute Gasteiger partial charge is 0.406 e. The highest BCUT2D eigenvalue weighted by molar-refractivity contribution is 7.07. The molecular formula is C33H33F3N6O2S. The summed E-state index contributed by atoms with van der Waals surface area (Å²) in [5, 5.41) is 9.37. The summed E-state index contributed by atoms with van der Waals surface area (Å²) < 4.78 is 44.6. The van der Waals surface area contributed by atoms with Gasteiger partial charge in [0.1, 0.15) is 12.1 Å². The largest absolute Gasteiger partial charge is 0.573 e. The maximum absolute atomic E-state index is 12.6. The number of aryl methyl sites for hydroxylation is 5. The Kier molecular flexibility index (Phi) is 9.52. The van der Waals surface area contributed by atoms with E-state index < -0.39 is 6.36 Å². The fraction of sp³-hybridized carbons (Fsp3) is 0.273. The predicted molar refractivity (Wildman–Crippen MR) is 168 cm³/mol. The number of alkyl halides is 3. The van der Waals surface area contributed by atoms with Crippen LogP contribution in [0.4, 0.5) is 18.0 Å². The molecule has 0 aliphatic rings. The number of nitrogens with zero attached hydrogens (tertiary/aromatic N) is 5. The summed E-state index contributed by atoms with van der Waals surface area (Å²) in [6.07, 6.45) is -0.693. The first-order chi connectivity index (χ1) is 21.5. The number of halogens is 3. The topological polar surface area (TPSA) is 86.3 Å². The molecular weight excluding hydrogens is 601 g/mol. The van der Waals surface area contributed by atoms with Crippen molar-refractivity contribution in [3.05, 3.63) is 105 Å². The molecule has 0 atom stereocenters. The Labute approximate surface area is 262 Å². The number of benzene rings is 3. The quantitative estimate of drug-likeness (QED) is 0.170. The lowest BCUT2D eigenvalue weighted by Crippen LogP contribution is -2.25. The van der Waals surface area contributed by atoms with Gasteiger partial charge in [-0.15, -0.1) is 29.6 Å². The molecule has 12 heteroatoms. The van der Waals surface area contributed by atoms with Crippen molar-refractivity contribution in [3.63, 3.8) is 0 Å². The van der Waals surface area contributed by atoms with Crippen LogP contribution in [0.25, 0.3) is 22.8 Å². The SMILES string of the molecule is Cc1cc(C)c(-n2c(C)csc2=NC(=O)NCCCCc2ccc(-c3ncn(-c4ccc(OC(F)(F)F)cc4)n3)cc2)c(C)c1. The first kappa shape index (κ1) is 31.7. The van der Waals surface area contributed by atoms with Crippen LogP contribution < -0.4 is 14.9 Å². The van der Waals surface area contributed by atoms with Crippen molar-refractivity contribution in [1.82, 2.24) is 24.6 Å². The third kappa shape index (κ3) is 8.07. The number of hydrogen-bond acceptors (Lipinski definition) is 5. The van der Waals surface area contributed by atoms with Crippen molar-refractivity contribution < 1.29 is 22.7 Å². The summed E-state index contributed by atoms with van der Waals surface area (Å²) >= 11 is 1.45. The number of thiazole rings is 1. The number of unbranched alkanes of at least 4 members (excludes halogenated alkanes) is 1. The Morgan fingerprint density at radius 2 is 1.67 bits per heavy atom. The second-order valence-electron chi connectivity index (χ2n) is 10.8. The number of rotatable bonds is 9. The fourth-order valence-corrected chi connectivity index (χ4v) is 6.04. The van der Waals surface area contributed by atoms with Crippen molar-refractivity contribution in [2.45, 2.75) is 53.3 Å². The molecule has 5 aromatic rings. The summed E-state index contributed by atoms with van der Waals surface area (Å²) in [7, 11) is 0. The molecule has 0 radical (unpaired) electrons. The lowest BCUT2D eigenvalue weighted by Gasteiger charge is -2.14. The molecule has 45 heavy (non-hydrogen) atoms. The van der Waals surface area contributed by atoms with Crippen LogP contribution in [0.5, 0.6) is 5.75 Å². The van der Waals surface area contributed by atoms with Gasteiger partial charge in [-0.05, 0) is 87.9 Å². The molecule has 0 saturated carbocycles. The average molecular weight is 635 g/mol. The zero-order valence-corrected chi connectivity index (χ0v) is 26.2. The minimum absolute atomic E-state index is 0.301. The molecule has 2 amide bonds. The van der Waals surface area contributed by atoms with Crippen LogP contribution in [0.3, 0.4) is 0 Å². The Hall–Kier alpha value is -4.71. The highest BCUT2D eigenvalue weighted by Gasteiger charge is 2.31. The van der Waals surface area contributed by atoms with E-state index in [4.69, 9.17) is 0 Å². The molecule has 0 fully saturated rings. The minimum Gasteiger partial charge on any atom is -0.406 e. The van der Waals surface area contributed by atoms with Crippen LogP contribution in [0.1, 0.15) is 40.8 Å². The van der Waals surface area contributed by atoms with Crippen LogP contribution in [0.15, 0.2) is 77.4 Å². The van der Waals surface area contributed by atoms with Crippen molar-refractivity contribution in [2.75, 3.05) is 6.54 Å². The highest BCUT2D eigenvalue weighted by atomic mass is 32.1. The number of amides is 2. The normalized spacial score (nSPS) is 12.0. The van der Waals surface area contributed by atoms with Crippen LogP contribution in [0, 0.1) is 27.7 Å². The molecule has 0 unspecified atom stereocenters. The van der Waals surface area contributed by atoms with Gasteiger partial charge in [0.15, 0.2) is 10.6 Å². The molecule has 8 nitrogen and oxygen atoms in total. The number of carbonyl (C=O) groups is 1.